The molecule has 0 aliphatic carbocycles. The first-order valence-electron chi connectivity index (χ1n) is 6.05. The lowest BCUT2D eigenvalue weighted by Crippen LogP contribution is -2.19. The molecular weight excluding hydrogens is 262 g/mol. The fraction of sp³-hybridized carbons (Fsp3) is 0.333. The highest BCUT2D eigenvalue weighted by Gasteiger charge is 2.22. The minimum atomic E-state index is -0.533. The molecule has 0 unspecified atom stereocenters. The number of hydrogen-bond acceptors (Lipinski definition) is 5. The van der Waals surface area contributed by atoms with E-state index < -0.39 is 11.9 Å². The van der Waals surface area contributed by atoms with Gasteiger partial charge >= 0.3 is 5.97 Å². The average Bonchev–Trinajstić information content (AvgIpc) is 2.96. The van der Waals surface area contributed by atoms with Crippen molar-refractivity contribution in [3.05, 3.63) is 29.5 Å². The maximum atomic E-state index is 12.0. The van der Waals surface area contributed by atoms with Gasteiger partial charge in [-0.2, -0.15) is 5.10 Å². The van der Waals surface area contributed by atoms with E-state index in [1.54, 1.807) is 31.7 Å². The van der Waals surface area contributed by atoms with Gasteiger partial charge < -0.3 is 14.6 Å². The summed E-state index contributed by atoms with van der Waals surface area (Å²) in [6.07, 6.45) is 3.16. The van der Waals surface area contributed by atoms with E-state index in [4.69, 9.17) is 4.74 Å². The van der Waals surface area contributed by atoms with Crippen molar-refractivity contribution in [1.82, 2.24) is 19.7 Å². The molecule has 0 saturated carbocycles. The minimum absolute atomic E-state index is 0.133. The van der Waals surface area contributed by atoms with Crippen molar-refractivity contribution in [2.24, 2.45) is 7.05 Å². The summed E-state index contributed by atoms with van der Waals surface area (Å²) in [5.41, 5.74) is 0.744. The van der Waals surface area contributed by atoms with E-state index in [1.165, 1.54) is 6.20 Å². The third kappa shape index (κ3) is 2.53. The van der Waals surface area contributed by atoms with Crippen LogP contribution in [-0.4, -0.2) is 38.2 Å². The van der Waals surface area contributed by atoms with Crippen molar-refractivity contribution < 1.29 is 14.3 Å². The lowest BCUT2D eigenvalue weighted by Gasteiger charge is -2.05. The highest BCUT2D eigenvalue weighted by atomic mass is 16.5. The van der Waals surface area contributed by atoms with Crippen molar-refractivity contribution in [1.29, 1.82) is 0 Å². The predicted molar refractivity (Wildman–Crippen MR) is 70.4 cm³/mol. The van der Waals surface area contributed by atoms with E-state index in [-0.39, 0.29) is 23.8 Å². The fourth-order valence-electron chi connectivity index (χ4n) is 1.72. The molecule has 2 N–H and O–H groups in total. The van der Waals surface area contributed by atoms with Crippen LogP contribution in [0, 0.1) is 6.92 Å². The summed E-state index contributed by atoms with van der Waals surface area (Å²) in [7, 11) is 1.70. The molecule has 2 aromatic rings. The van der Waals surface area contributed by atoms with Crippen molar-refractivity contribution in [3.63, 3.8) is 0 Å². The second kappa shape index (κ2) is 5.55. The number of aromatic nitrogens is 4. The lowest BCUT2D eigenvalue weighted by atomic mass is 10.2. The molecule has 0 saturated heterocycles. The number of carbonyl (C=O) groups excluding carboxylic acids is 2. The molecule has 20 heavy (non-hydrogen) atoms. The number of nitrogens with one attached hydrogen (secondary N) is 2. The number of aryl methyl sites for hydroxylation is 2. The standard InChI is InChI=1S/C12H15N5O3/c1-4-20-12(19)8-7(2)15-16-9(8)14-11(18)10-13-5-6-17(10)3/h5-6H,4H2,1-3H3,(H2,14,15,16,18). The Kier molecular flexibility index (Phi) is 3.83. The third-order valence-corrected chi connectivity index (χ3v) is 2.68. The molecule has 0 atom stereocenters. The largest absolute Gasteiger partial charge is 0.462 e. The zero-order chi connectivity index (χ0) is 14.7. The van der Waals surface area contributed by atoms with E-state index in [2.05, 4.69) is 20.5 Å². The topological polar surface area (TPSA) is 102 Å². The van der Waals surface area contributed by atoms with Crippen LogP contribution in [0.5, 0.6) is 0 Å². The maximum Gasteiger partial charge on any atom is 0.343 e. The number of nitrogens with zero attached hydrogens (tertiary/aromatic N) is 3. The van der Waals surface area contributed by atoms with Crippen LogP contribution in [0.3, 0.4) is 0 Å². The number of anilines is 1. The van der Waals surface area contributed by atoms with Gasteiger partial charge in [-0.3, -0.25) is 9.89 Å². The number of carbonyl (C=O) groups is 2. The van der Waals surface area contributed by atoms with Gasteiger partial charge in [0.05, 0.1) is 6.61 Å². The number of rotatable bonds is 4. The van der Waals surface area contributed by atoms with E-state index in [0.717, 1.165) is 0 Å². The Hall–Kier alpha value is -2.64. The third-order valence-electron chi connectivity index (χ3n) is 2.68. The van der Waals surface area contributed by atoms with Gasteiger partial charge in [-0.1, -0.05) is 0 Å². The van der Waals surface area contributed by atoms with Gasteiger partial charge in [0.15, 0.2) is 11.6 Å². The Bertz CT molecular complexity index is 643. The zero-order valence-electron chi connectivity index (χ0n) is 11.4. The van der Waals surface area contributed by atoms with Crippen LogP contribution < -0.4 is 5.32 Å². The second-order valence-corrected chi connectivity index (χ2v) is 4.11. The van der Waals surface area contributed by atoms with Gasteiger partial charge in [-0.25, -0.2) is 9.78 Å². The normalized spacial score (nSPS) is 10.3. The minimum Gasteiger partial charge on any atom is -0.462 e. The summed E-state index contributed by atoms with van der Waals surface area (Å²) in [5.74, 6) is -0.627. The van der Waals surface area contributed by atoms with Crippen molar-refractivity contribution in [2.75, 3.05) is 11.9 Å². The Morgan fingerprint density at radius 3 is 2.85 bits per heavy atom. The summed E-state index contributed by atoms with van der Waals surface area (Å²) in [6.45, 7) is 3.63. The molecule has 0 bridgehead atoms. The number of aromatic amines is 1. The van der Waals surface area contributed by atoms with Gasteiger partial charge in [-0.15, -0.1) is 0 Å². The molecule has 8 heteroatoms. The number of hydrogen-bond donors (Lipinski definition) is 2. The summed E-state index contributed by atoms with van der Waals surface area (Å²) in [4.78, 5) is 27.8. The quantitative estimate of drug-likeness (QED) is 0.808. The molecule has 8 nitrogen and oxygen atoms in total. The summed E-state index contributed by atoms with van der Waals surface area (Å²) >= 11 is 0. The predicted octanol–water partition coefficient (Wildman–Crippen LogP) is 0.881. The molecule has 0 radical (unpaired) electrons. The molecule has 2 aromatic heterocycles. The molecule has 0 aliphatic rings. The Balaban J connectivity index is 2.24. The van der Waals surface area contributed by atoms with Crippen LogP contribution in [0.4, 0.5) is 5.82 Å². The summed E-state index contributed by atoms with van der Waals surface area (Å²) < 4.78 is 6.50. The van der Waals surface area contributed by atoms with E-state index >= 15 is 0 Å². The maximum absolute atomic E-state index is 12.0. The highest BCUT2D eigenvalue weighted by Crippen LogP contribution is 2.17. The van der Waals surface area contributed by atoms with Gasteiger partial charge in [0.1, 0.15) is 5.56 Å². The van der Waals surface area contributed by atoms with Crippen LogP contribution in [0.25, 0.3) is 0 Å². The SMILES string of the molecule is CCOC(=O)c1c(NC(=O)c2nccn2C)n[nH]c1C. The molecule has 0 aromatic carbocycles. The first-order valence-corrected chi connectivity index (χ1v) is 6.05. The number of ether oxygens (including phenoxy) is 1. The van der Waals surface area contributed by atoms with Gasteiger partial charge in [0.25, 0.3) is 5.91 Å². The van der Waals surface area contributed by atoms with E-state index in [9.17, 15) is 9.59 Å². The Morgan fingerprint density at radius 2 is 2.25 bits per heavy atom. The van der Waals surface area contributed by atoms with E-state index in [0.29, 0.717) is 5.69 Å². The van der Waals surface area contributed by atoms with Crippen molar-refractivity contribution >= 4 is 17.7 Å². The number of imidazole rings is 1. The molecule has 2 heterocycles. The van der Waals surface area contributed by atoms with Crippen LogP contribution >= 0.6 is 0 Å². The average molecular weight is 277 g/mol. The first kappa shape index (κ1) is 13.8. The molecule has 0 fully saturated rings. The Labute approximate surface area is 115 Å². The number of H-pyrrole nitrogens is 1. The van der Waals surface area contributed by atoms with Gasteiger partial charge in [-0.05, 0) is 13.8 Å². The number of amides is 1. The fourth-order valence-corrected chi connectivity index (χ4v) is 1.72. The molecule has 0 aliphatic heterocycles. The van der Waals surface area contributed by atoms with Crippen LogP contribution in [0.1, 0.15) is 33.6 Å². The van der Waals surface area contributed by atoms with Crippen molar-refractivity contribution in [3.8, 4) is 0 Å². The first-order chi connectivity index (χ1) is 9.54. The smallest absolute Gasteiger partial charge is 0.343 e. The summed E-state index contributed by atoms with van der Waals surface area (Å²) in [6, 6.07) is 0. The van der Waals surface area contributed by atoms with Crippen LogP contribution in [0.15, 0.2) is 12.4 Å². The molecular formula is C12H15N5O3. The zero-order valence-corrected chi connectivity index (χ0v) is 11.4. The van der Waals surface area contributed by atoms with Gasteiger partial charge in [0, 0.05) is 25.1 Å². The monoisotopic (exact) mass is 277 g/mol. The van der Waals surface area contributed by atoms with Crippen molar-refractivity contribution in [2.45, 2.75) is 13.8 Å². The second-order valence-electron chi connectivity index (χ2n) is 4.11. The van der Waals surface area contributed by atoms with E-state index in [1.807, 2.05) is 0 Å². The molecule has 0 spiro atoms. The molecule has 106 valence electrons. The van der Waals surface area contributed by atoms with Crippen LogP contribution in [-0.2, 0) is 11.8 Å². The number of esters is 1. The molecule has 1 amide bonds. The molecule has 2 rings (SSSR count). The summed E-state index contributed by atoms with van der Waals surface area (Å²) in [5, 5.41) is 9.10. The Morgan fingerprint density at radius 1 is 1.50 bits per heavy atom. The highest BCUT2D eigenvalue weighted by molar-refractivity contribution is 6.05. The van der Waals surface area contributed by atoms with Gasteiger partial charge in [0.2, 0.25) is 0 Å². The van der Waals surface area contributed by atoms with Crippen LogP contribution in [0.2, 0.25) is 0 Å². The lowest BCUT2D eigenvalue weighted by molar-refractivity contribution is 0.0527.